The summed E-state index contributed by atoms with van der Waals surface area (Å²) in [5, 5.41) is 0. The number of benzene rings is 3. The molecule has 0 aliphatic heterocycles. The van der Waals surface area contributed by atoms with E-state index in [-0.39, 0.29) is 12.6 Å². The first-order valence-electron chi connectivity index (χ1n) is 7.30. The lowest BCUT2D eigenvalue weighted by Crippen LogP contribution is -2.06. The fraction of sp³-hybridized carbons (Fsp3) is 0.0500. The average Bonchev–Trinajstić information content (AvgIpc) is 2.61. The Bertz CT molecular complexity index is 795. The van der Waals surface area contributed by atoms with Crippen molar-refractivity contribution in [1.29, 1.82) is 0 Å². The molecular weight excluding hydrogens is 399 g/mol. The van der Waals surface area contributed by atoms with Crippen LogP contribution in [0.3, 0.4) is 0 Å². The Morgan fingerprint density at radius 1 is 0.783 bits per heavy atom. The molecule has 0 saturated heterocycles. The van der Waals surface area contributed by atoms with Crippen molar-refractivity contribution in [2.75, 3.05) is 0 Å². The van der Waals surface area contributed by atoms with E-state index in [1.165, 1.54) is 5.56 Å². The monoisotopic (exact) mass is 414 g/mol. The Balaban J connectivity index is 1.65. The minimum Gasteiger partial charge on any atom is -0.457 e. The molecule has 0 radical (unpaired) electrons. The quantitative estimate of drug-likeness (QED) is 0.427. The summed E-state index contributed by atoms with van der Waals surface area (Å²) in [4.78, 5) is 12.1. The molecule has 0 saturated carbocycles. The number of rotatable bonds is 4. The highest BCUT2D eigenvalue weighted by Crippen LogP contribution is 2.20. The van der Waals surface area contributed by atoms with Crippen molar-refractivity contribution in [2.45, 2.75) is 6.61 Å². The number of esters is 1. The predicted octanol–water partition coefficient (Wildman–Crippen LogP) is 5.32. The molecule has 0 aromatic heterocycles. The predicted molar refractivity (Wildman–Crippen MR) is 100 cm³/mol. The van der Waals surface area contributed by atoms with Crippen LogP contribution in [-0.2, 0) is 11.3 Å². The minimum atomic E-state index is -0.290. The highest BCUT2D eigenvalue weighted by molar-refractivity contribution is 14.1. The normalized spacial score (nSPS) is 10.3. The molecule has 0 amide bonds. The fourth-order valence-electron chi connectivity index (χ4n) is 2.28. The van der Waals surface area contributed by atoms with Crippen LogP contribution in [0.15, 0.2) is 78.9 Å². The van der Waals surface area contributed by atoms with Gasteiger partial charge in [0.25, 0.3) is 0 Å². The zero-order valence-corrected chi connectivity index (χ0v) is 14.6. The van der Waals surface area contributed by atoms with Crippen molar-refractivity contribution in [3.8, 4) is 11.1 Å². The standard InChI is InChI=1S/C20H15IO2/c21-19-9-5-4-8-18(19)20(22)23-14-15-10-12-17(13-11-15)16-6-2-1-3-7-16/h1-13H,14H2. The van der Waals surface area contributed by atoms with Gasteiger partial charge in [0.1, 0.15) is 6.61 Å². The lowest BCUT2D eigenvalue weighted by atomic mass is 10.0. The topological polar surface area (TPSA) is 26.3 Å². The first kappa shape index (κ1) is 15.7. The fourth-order valence-corrected chi connectivity index (χ4v) is 2.89. The van der Waals surface area contributed by atoms with Gasteiger partial charge < -0.3 is 4.74 Å². The Hall–Kier alpha value is -2.14. The first-order valence-corrected chi connectivity index (χ1v) is 8.38. The van der Waals surface area contributed by atoms with Crippen LogP contribution in [0.2, 0.25) is 0 Å². The Kier molecular flexibility index (Phi) is 5.08. The van der Waals surface area contributed by atoms with Crippen LogP contribution in [-0.4, -0.2) is 5.97 Å². The molecule has 0 atom stereocenters. The van der Waals surface area contributed by atoms with Gasteiger partial charge in [0.15, 0.2) is 0 Å². The number of hydrogen-bond acceptors (Lipinski definition) is 2. The summed E-state index contributed by atoms with van der Waals surface area (Å²) in [5.41, 5.74) is 3.91. The third-order valence-electron chi connectivity index (χ3n) is 3.52. The van der Waals surface area contributed by atoms with Gasteiger partial charge in [-0.15, -0.1) is 0 Å². The van der Waals surface area contributed by atoms with Crippen LogP contribution < -0.4 is 0 Å². The Morgan fingerprint density at radius 2 is 1.39 bits per heavy atom. The maximum Gasteiger partial charge on any atom is 0.339 e. The summed E-state index contributed by atoms with van der Waals surface area (Å²) in [7, 11) is 0. The summed E-state index contributed by atoms with van der Waals surface area (Å²) < 4.78 is 6.29. The van der Waals surface area contributed by atoms with Gasteiger partial charge in [-0.2, -0.15) is 0 Å². The zero-order valence-electron chi connectivity index (χ0n) is 12.4. The van der Waals surface area contributed by atoms with Crippen LogP contribution in [0.4, 0.5) is 0 Å². The molecule has 23 heavy (non-hydrogen) atoms. The van der Waals surface area contributed by atoms with E-state index in [0.717, 1.165) is 14.7 Å². The van der Waals surface area contributed by atoms with E-state index in [1.807, 2.05) is 60.7 Å². The highest BCUT2D eigenvalue weighted by atomic mass is 127. The number of ether oxygens (including phenoxy) is 1. The van der Waals surface area contributed by atoms with Crippen LogP contribution >= 0.6 is 22.6 Å². The molecule has 0 heterocycles. The Morgan fingerprint density at radius 3 is 2.09 bits per heavy atom. The largest absolute Gasteiger partial charge is 0.457 e. The van der Waals surface area contributed by atoms with E-state index in [0.29, 0.717) is 5.56 Å². The molecular formula is C20H15IO2. The van der Waals surface area contributed by atoms with Crippen molar-refractivity contribution >= 4 is 28.6 Å². The molecule has 114 valence electrons. The molecule has 0 unspecified atom stereocenters. The SMILES string of the molecule is O=C(OCc1ccc(-c2ccccc2)cc1)c1ccccc1I. The maximum atomic E-state index is 12.1. The summed E-state index contributed by atoms with van der Waals surface area (Å²) in [5.74, 6) is -0.290. The third kappa shape index (κ3) is 3.99. The smallest absolute Gasteiger partial charge is 0.339 e. The molecule has 0 N–H and O–H groups in total. The van der Waals surface area contributed by atoms with Gasteiger partial charge in [-0.3, -0.25) is 0 Å². The van der Waals surface area contributed by atoms with Gasteiger partial charge in [-0.25, -0.2) is 4.79 Å². The molecule has 3 aromatic carbocycles. The van der Waals surface area contributed by atoms with Gasteiger partial charge in [0.05, 0.1) is 5.56 Å². The molecule has 0 spiro atoms. The third-order valence-corrected chi connectivity index (χ3v) is 4.47. The van der Waals surface area contributed by atoms with Gasteiger partial charge in [0, 0.05) is 3.57 Å². The Labute approximate surface area is 149 Å². The maximum absolute atomic E-state index is 12.1. The van der Waals surface area contributed by atoms with Crippen molar-refractivity contribution in [3.05, 3.63) is 93.6 Å². The van der Waals surface area contributed by atoms with Crippen LogP contribution in [0.25, 0.3) is 11.1 Å². The van der Waals surface area contributed by atoms with Crippen LogP contribution in [0.1, 0.15) is 15.9 Å². The van der Waals surface area contributed by atoms with E-state index in [2.05, 4.69) is 34.7 Å². The first-order chi connectivity index (χ1) is 11.2. The van der Waals surface area contributed by atoms with Gasteiger partial charge in [0.2, 0.25) is 0 Å². The lowest BCUT2D eigenvalue weighted by molar-refractivity contribution is 0.0471. The minimum absolute atomic E-state index is 0.277. The summed E-state index contributed by atoms with van der Waals surface area (Å²) in [6.07, 6.45) is 0. The molecule has 3 rings (SSSR count). The van der Waals surface area contributed by atoms with E-state index < -0.39 is 0 Å². The van der Waals surface area contributed by atoms with Crippen molar-refractivity contribution < 1.29 is 9.53 Å². The molecule has 3 aromatic rings. The summed E-state index contributed by atoms with van der Waals surface area (Å²) >= 11 is 2.14. The van der Waals surface area contributed by atoms with Gasteiger partial charge in [-0.05, 0) is 51.4 Å². The van der Waals surface area contributed by atoms with E-state index in [1.54, 1.807) is 6.07 Å². The van der Waals surface area contributed by atoms with E-state index in [9.17, 15) is 4.79 Å². The van der Waals surface area contributed by atoms with E-state index >= 15 is 0 Å². The summed E-state index contributed by atoms with van der Waals surface area (Å²) in [6, 6.07) is 25.7. The molecule has 0 bridgehead atoms. The number of carbonyl (C=O) groups excluding carboxylic acids is 1. The number of halogens is 1. The lowest BCUT2D eigenvalue weighted by Gasteiger charge is -2.07. The zero-order chi connectivity index (χ0) is 16.1. The molecule has 0 aliphatic carbocycles. The second-order valence-corrected chi connectivity index (χ2v) is 6.28. The van der Waals surface area contributed by atoms with Gasteiger partial charge >= 0.3 is 5.97 Å². The van der Waals surface area contributed by atoms with Crippen LogP contribution in [0.5, 0.6) is 0 Å². The van der Waals surface area contributed by atoms with E-state index in [4.69, 9.17) is 4.74 Å². The van der Waals surface area contributed by atoms with Gasteiger partial charge in [-0.1, -0.05) is 66.7 Å². The molecule has 0 aliphatic rings. The second kappa shape index (κ2) is 7.42. The van der Waals surface area contributed by atoms with Crippen molar-refractivity contribution in [1.82, 2.24) is 0 Å². The number of hydrogen-bond donors (Lipinski definition) is 0. The highest BCUT2D eigenvalue weighted by Gasteiger charge is 2.10. The molecule has 0 fully saturated rings. The van der Waals surface area contributed by atoms with Crippen molar-refractivity contribution in [3.63, 3.8) is 0 Å². The van der Waals surface area contributed by atoms with Crippen LogP contribution in [0, 0.1) is 3.57 Å². The van der Waals surface area contributed by atoms with Crippen molar-refractivity contribution in [2.24, 2.45) is 0 Å². The average molecular weight is 414 g/mol. The molecule has 3 heteroatoms. The summed E-state index contributed by atoms with van der Waals surface area (Å²) in [6.45, 7) is 0.277. The number of carbonyl (C=O) groups is 1. The molecule has 2 nitrogen and oxygen atoms in total. The second-order valence-electron chi connectivity index (χ2n) is 5.12.